The first-order chi connectivity index (χ1) is 14.7. The fraction of sp³-hybridized carbons (Fsp3) is 0.375. The van der Waals surface area contributed by atoms with E-state index < -0.39 is 0 Å². The van der Waals surface area contributed by atoms with Crippen LogP contribution in [0, 0.1) is 0 Å². The van der Waals surface area contributed by atoms with Crippen molar-refractivity contribution in [3.63, 3.8) is 0 Å². The molecule has 0 atom stereocenters. The van der Waals surface area contributed by atoms with Crippen molar-refractivity contribution in [2.24, 2.45) is 0 Å². The van der Waals surface area contributed by atoms with E-state index in [0.717, 1.165) is 29.9 Å². The minimum atomic E-state index is -0.272. The zero-order valence-corrected chi connectivity index (χ0v) is 17.6. The molecule has 6 nitrogen and oxygen atoms in total. The molecule has 0 N–H and O–H groups in total. The maximum absolute atomic E-state index is 11.4. The normalized spacial score (nSPS) is 10.7. The molecule has 2 aromatic carbocycles. The van der Waals surface area contributed by atoms with Gasteiger partial charge in [0.15, 0.2) is 0 Å². The van der Waals surface area contributed by atoms with Crippen LogP contribution in [0.1, 0.15) is 52.4 Å². The lowest BCUT2D eigenvalue weighted by molar-refractivity contribution is -0.134. The van der Waals surface area contributed by atoms with Crippen molar-refractivity contribution in [1.29, 1.82) is 0 Å². The van der Waals surface area contributed by atoms with Crippen LogP contribution < -0.4 is 9.47 Å². The molecule has 30 heavy (non-hydrogen) atoms. The average molecular weight is 408 g/mol. The van der Waals surface area contributed by atoms with E-state index in [0.29, 0.717) is 24.0 Å². The first-order valence-corrected chi connectivity index (χ1v) is 10.6. The Balaban J connectivity index is 1.56. The number of carbonyl (C=O) groups excluding carboxylic acids is 1. The van der Waals surface area contributed by atoms with Gasteiger partial charge in [-0.15, -0.1) is 10.2 Å². The molecule has 3 aromatic rings. The predicted octanol–water partition coefficient (Wildman–Crippen LogP) is 6.07. The topological polar surface area (TPSA) is 74.5 Å². The quantitative estimate of drug-likeness (QED) is 0.218. The lowest BCUT2D eigenvalue weighted by Gasteiger charge is -2.06. The Kier molecular flexibility index (Phi) is 8.01. The summed E-state index contributed by atoms with van der Waals surface area (Å²) >= 11 is 0. The summed E-state index contributed by atoms with van der Waals surface area (Å²) in [5.41, 5.74) is 1.59. The van der Waals surface area contributed by atoms with Crippen molar-refractivity contribution in [2.45, 2.75) is 52.4 Å². The molecule has 158 valence electrons. The van der Waals surface area contributed by atoms with Gasteiger partial charge in [-0.3, -0.25) is 4.79 Å². The van der Waals surface area contributed by atoms with Crippen molar-refractivity contribution >= 4 is 5.97 Å². The lowest BCUT2D eigenvalue weighted by atomic mass is 10.2. The molecule has 0 saturated heterocycles. The van der Waals surface area contributed by atoms with Crippen LogP contribution in [0.3, 0.4) is 0 Å². The number of carbonyl (C=O) groups is 1. The molecule has 1 heterocycles. The van der Waals surface area contributed by atoms with Crippen molar-refractivity contribution < 1.29 is 18.7 Å². The molecule has 0 unspecified atom stereocenters. The molecule has 0 bridgehead atoms. The summed E-state index contributed by atoms with van der Waals surface area (Å²) in [5.74, 6) is 1.91. The Morgan fingerprint density at radius 2 is 1.37 bits per heavy atom. The van der Waals surface area contributed by atoms with Crippen molar-refractivity contribution in [1.82, 2.24) is 10.2 Å². The Bertz CT molecular complexity index is 917. The standard InChI is InChI=1S/C24H28N2O4/c1-3-5-6-7-8-17-28-20-13-9-18(10-14-20)23-25-26-24(30-23)19-11-15-21(16-12-19)29-22(27)4-2/h9-16H,3-8,17H2,1-2H3. The number of aromatic nitrogens is 2. The second kappa shape index (κ2) is 11.1. The molecule has 3 rings (SSSR count). The van der Waals surface area contributed by atoms with Gasteiger partial charge in [0.2, 0.25) is 11.8 Å². The van der Waals surface area contributed by atoms with Gasteiger partial charge in [0, 0.05) is 17.5 Å². The van der Waals surface area contributed by atoms with Gasteiger partial charge in [-0.05, 0) is 55.0 Å². The van der Waals surface area contributed by atoms with E-state index in [1.807, 2.05) is 24.3 Å². The molecule has 0 amide bonds. The number of rotatable bonds is 11. The summed E-state index contributed by atoms with van der Waals surface area (Å²) in [4.78, 5) is 11.4. The molecule has 0 saturated carbocycles. The zero-order chi connectivity index (χ0) is 21.2. The number of ether oxygens (including phenoxy) is 2. The van der Waals surface area contributed by atoms with Gasteiger partial charge in [0.1, 0.15) is 11.5 Å². The van der Waals surface area contributed by atoms with E-state index >= 15 is 0 Å². The number of hydrogen-bond donors (Lipinski definition) is 0. The minimum absolute atomic E-state index is 0.272. The molecule has 1 aromatic heterocycles. The van der Waals surface area contributed by atoms with E-state index in [9.17, 15) is 4.79 Å². The third-order valence-electron chi connectivity index (χ3n) is 4.66. The van der Waals surface area contributed by atoms with Crippen LogP contribution >= 0.6 is 0 Å². The molecular formula is C24H28N2O4. The van der Waals surface area contributed by atoms with Crippen LogP contribution in [0.4, 0.5) is 0 Å². The molecular weight excluding hydrogens is 380 g/mol. The summed E-state index contributed by atoms with van der Waals surface area (Å²) in [6.45, 7) is 4.70. The van der Waals surface area contributed by atoms with Gasteiger partial charge in [-0.2, -0.15) is 0 Å². The molecule has 0 aliphatic carbocycles. The van der Waals surface area contributed by atoms with E-state index in [-0.39, 0.29) is 5.97 Å². The molecule has 0 fully saturated rings. The third-order valence-corrected chi connectivity index (χ3v) is 4.66. The van der Waals surface area contributed by atoms with Crippen molar-refractivity contribution in [3.05, 3.63) is 48.5 Å². The minimum Gasteiger partial charge on any atom is -0.494 e. The van der Waals surface area contributed by atoms with Crippen LogP contribution in [-0.2, 0) is 4.79 Å². The highest BCUT2D eigenvalue weighted by atomic mass is 16.5. The highest BCUT2D eigenvalue weighted by Gasteiger charge is 2.11. The second-order valence-corrected chi connectivity index (χ2v) is 7.05. The summed E-state index contributed by atoms with van der Waals surface area (Å²) in [6, 6.07) is 14.7. The van der Waals surface area contributed by atoms with Gasteiger partial charge >= 0.3 is 5.97 Å². The fourth-order valence-electron chi connectivity index (χ4n) is 2.92. The van der Waals surface area contributed by atoms with Gasteiger partial charge < -0.3 is 13.9 Å². The third kappa shape index (κ3) is 6.17. The summed E-state index contributed by atoms with van der Waals surface area (Å²) in [6.07, 6.45) is 6.42. The highest BCUT2D eigenvalue weighted by molar-refractivity contribution is 5.72. The molecule has 0 radical (unpaired) electrons. The average Bonchev–Trinajstić information content (AvgIpc) is 3.27. The smallest absolute Gasteiger partial charge is 0.310 e. The summed E-state index contributed by atoms with van der Waals surface area (Å²) in [5, 5.41) is 8.26. The van der Waals surface area contributed by atoms with E-state index in [2.05, 4.69) is 17.1 Å². The van der Waals surface area contributed by atoms with Crippen LogP contribution in [0.2, 0.25) is 0 Å². The second-order valence-electron chi connectivity index (χ2n) is 7.05. The van der Waals surface area contributed by atoms with Crippen molar-refractivity contribution in [3.8, 4) is 34.4 Å². The van der Waals surface area contributed by atoms with Crippen LogP contribution in [0.15, 0.2) is 52.9 Å². The van der Waals surface area contributed by atoms with Gasteiger partial charge in [0.25, 0.3) is 0 Å². The lowest BCUT2D eigenvalue weighted by Crippen LogP contribution is -2.05. The monoisotopic (exact) mass is 408 g/mol. The summed E-state index contributed by atoms with van der Waals surface area (Å²) in [7, 11) is 0. The number of esters is 1. The Morgan fingerprint density at radius 1 is 0.800 bits per heavy atom. The number of unbranched alkanes of at least 4 members (excludes halogenated alkanes) is 4. The number of nitrogens with zero attached hydrogens (tertiary/aromatic N) is 2. The maximum Gasteiger partial charge on any atom is 0.310 e. The van der Waals surface area contributed by atoms with Gasteiger partial charge in [-0.25, -0.2) is 0 Å². The predicted molar refractivity (Wildman–Crippen MR) is 115 cm³/mol. The van der Waals surface area contributed by atoms with E-state index in [1.165, 1.54) is 25.7 Å². The fourth-order valence-corrected chi connectivity index (χ4v) is 2.92. The molecule has 0 aliphatic heterocycles. The zero-order valence-electron chi connectivity index (χ0n) is 17.6. The van der Waals surface area contributed by atoms with E-state index in [4.69, 9.17) is 13.9 Å². The van der Waals surface area contributed by atoms with Gasteiger partial charge in [-0.1, -0.05) is 39.5 Å². The first-order valence-electron chi connectivity index (χ1n) is 10.6. The van der Waals surface area contributed by atoms with E-state index in [1.54, 1.807) is 31.2 Å². The number of hydrogen-bond acceptors (Lipinski definition) is 6. The maximum atomic E-state index is 11.4. The first kappa shape index (κ1) is 21.6. The summed E-state index contributed by atoms with van der Waals surface area (Å²) < 4.78 is 16.8. The number of benzene rings is 2. The Hall–Kier alpha value is -3.15. The molecule has 0 spiro atoms. The van der Waals surface area contributed by atoms with Crippen LogP contribution in [0.25, 0.3) is 22.9 Å². The van der Waals surface area contributed by atoms with Crippen LogP contribution in [-0.4, -0.2) is 22.8 Å². The SMILES string of the molecule is CCCCCCCOc1ccc(-c2nnc(-c3ccc(OC(=O)CC)cc3)o2)cc1. The molecule has 6 heteroatoms. The van der Waals surface area contributed by atoms with Crippen molar-refractivity contribution in [2.75, 3.05) is 6.61 Å². The Labute approximate surface area is 177 Å². The largest absolute Gasteiger partial charge is 0.494 e. The Morgan fingerprint density at radius 3 is 1.93 bits per heavy atom. The van der Waals surface area contributed by atoms with Gasteiger partial charge in [0.05, 0.1) is 6.61 Å². The van der Waals surface area contributed by atoms with Crippen LogP contribution in [0.5, 0.6) is 11.5 Å². The molecule has 0 aliphatic rings. The highest BCUT2D eigenvalue weighted by Crippen LogP contribution is 2.26.